The van der Waals surface area contributed by atoms with Crippen LogP contribution in [0.5, 0.6) is 0 Å². The lowest BCUT2D eigenvalue weighted by Crippen LogP contribution is -2.00. The van der Waals surface area contributed by atoms with Gasteiger partial charge >= 0.3 is 0 Å². The van der Waals surface area contributed by atoms with E-state index >= 15 is 0 Å². The number of carbonyl (C=O) groups is 1. The number of carbonyl (C=O) groups excluding carboxylic acids is 1. The van der Waals surface area contributed by atoms with Crippen LogP contribution in [0.25, 0.3) is 0 Å². The molecular weight excluding hydrogens is 132 g/mol. The van der Waals surface area contributed by atoms with Gasteiger partial charge in [0.2, 0.25) is 0 Å². The molecule has 0 amide bonds. The Balaban J connectivity index is 2.70. The average Bonchev–Trinajstić information content (AvgIpc) is 1.88. The van der Waals surface area contributed by atoms with Crippen LogP contribution >= 0.6 is 11.8 Å². The monoisotopic (exact) mass is 140 g/mol. The van der Waals surface area contributed by atoms with Crippen molar-refractivity contribution in [2.24, 2.45) is 0 Å². The molecule has 0 saturated carbocycles. The highest BCUT2D eigenvalue weighted by atomic mass is 32.2. The first-order valence-corrected chi connectivity index (χ1v) is 3.81. The largest absolute Gasteiger partial charge is 0.295 e. The maximum atomic E-state index is 10.7. The molecule has 48 valence electrons. The second kappa shape index (κ2) is 2.87. The van der Waals surface area contributed by atoms with Gasteiger partial charge in [-0.3, -0.25) is 4.79 Å². The van der Waals surface area contributed by atoms with Crippen molar-refractivity contribution in [2.45, 2.75) is 6.42 Å². The van der Waals surface area contributed by atoms with Gasteiger partial charge in [-0.2, -0.15) is 0 Å². The summed E-state index contributed by atoms with van der Waals surface area (Å²) in [4.78, 5) is 11.7. The quantitative estimate of drug-likeness (QED) is 0.552. The summed E-state index contributed by atoms with van der Waals surface area (Å²) in [6, 6.07) is 0. The highest BCUT2D eigenvalue weighted by Crippen LogP contribution is 2.21. The van der Waals surface area contributed by atoms with Crippen LogP contribution in [0.1, 0.15) is 6.42 Å². The Bertz CT molecular complexity index is 170. The summed E-state index contributed by atoms with van der Waals surface area (Å²) in [5, 5.41) is 0. The fourth-order valence-corrected chi connectivity index (χ4v) is 1.53. The smallest absolute Gasteiger partial charge is 0.157 e. The SMILES string of the molecule is C=CC1=CC(=O)CCS1. The van der Waals surface area contributed by atoms with Crippen molar-refractivity contribution < 1.29 is 4.79 Å². The van der Waals surface area contributed by atoms with Crippen molar-refractivity contribution >= 4 is 17.5 Å². The molecule has 0 fully saturated rings. The zero-order chi connectivity index (χ0) is 6.69. The molecule has 0 bridgehead atoms. The molecule has 0 aromatic heterocycles. The second-order valence-electron chi connectivity index (χ2n) is 1.82. The molecule has 1 aliphatic heterocycles. The summed E-state index contributed by atoms with van der Waals surface area (Å²) in [5.41, 5.74) is 0. The van der Waals surface area contributed by atoms with Crippen molar-refractivity contribution in [3.05, 3.63) is 23.6 Å². The van der Waals surface area contributed by atoms with Gasteiger partial charge in [0.1, 0.15) is 0 Å². The van der Waals surface area contributed by atoms with Gasteiger partial charge in [0.15, 0.2) is 5.78 Å². The number of hydrogen-bond acceptors (Lipinski definition) is 2. The summed E-state index contributed by atoms with van der Waals surface area (Å²) in [5.74, 6) is 1.14. The van der Waals surface area contributed by atoms with E-state index in [-0.39, 0.29) is 5.78 Å². The average molecular weight is 140 g/mol. The lowest BCUT2D eigenvalue weighted by atomic mass is 10.3. The van der Waals surface area contributed by atoms with Crippen LogP contribution in [-0.4, -0.2) is 11.5 Å². The van der Waals surface area contributed by atoms with Gasteiger partial charge in [-0.1, -0.05) is 12.7 Å². The van der Waals surface area contributed by atoms with Crippen molar-refractivity contribution in [3.63, 3.8) is 0 Å². The molecule has 0 atom stereocenters. The number of thioether (sulfide) groups is 1. The number of allylic oxidation sites excluding steroid dienone is 2. The number of ketones is 1. The first kappa shape index (κ1) is 6.62. The van der Waals surface area contributed by atoms with Gasteiger partial charge in [-0.15, -0.1) is 11.8 Å². The fourth-order valence-electron chi connectivity index (χ4n) is 0.660. The maximum Gasteiger partial charge on any atom is 0.157 e. The number of hydrogen-bond donors (Lipinski definition) is 0. The highest BCUT2D eigenvalue weighted by Gasteiger charge is 2.06. The fraction of sp³-hybridized carbons (Fsp3) is 0.286. The molecular formula is C7H8OS. The third-order valence-electron chi connectivity index (χ3n) is 1.12. The van der Waals surface area contributed by atoms with Crippen molar-refractivity contribution in [2.75, 3.05) is 5.75 Å². The Hall–Kier alpha value is -0.500. The van der Waals surface area contributed by atoms with Gasteiger partial charge < -0.3 is 0 Å². The molecule has 1 rings (SSSR count). The van der Waals surface area contributed by atoms with E-state index in [2.05, 4.69) is 6.58 Å². The van der Waals surface area contributed by atoms with Gasteiger partial charge in [0.05, 0.1) is 0 Å². The topological polar surface area (TPSA) is 17.1 Å². The standard InChI is InChI=1S/C7H8OS/c1-2-7-5-6(8)3-4-9-7/h2,5H,1,3-4H2. The second-order valence-corrected chi connectivity index (χ2v) is 2.98. The van der Waals surface area contributed by atoms with Crippen LogP contribution in [-0.2, 0) is 4.79 Å². The first-order chi connectivity index (χ1) is 4.33. The van der Waals surface area contributed by atoms with Crippen LogP contribution in [0.4, 0.5) is 0 Å². The van der Waals surface area contributed by atoms with Gasteiger partial charge in [-0.05, 0) is 6.08 Å². The third kappa shape index (κ3) is 1.72. The van der Waals surface area contributed by atoms with Crippen molar-refractivity contribution in [1.82, 2.24) is 0 Å². The molecule has 1 aliphatic rings. The van der Waals surface area contributed by atoms with E-state index in [1.807, 2.05) is 0 Å². The Morgan fingerprint density at radius 3 is 3.00 bits per heavy atom. The first-order valence-electron chi connectivity index (χ1n) is 2.82. The number of rotatable bonds is 1. The van der Waals surface area contributed by atoms with Crippen LogP contribution in [0, 0.1) is 0 Å². The van der Waals surface area contributed by atoms with Crippen molar-refractivity contribution in [1.29, 1.82) is 0 Å². The van der Waals surface area contributed by atoms with E-state index in [1.54, 1.807) is 23.9 Å². The molecule has 0 unspecified atom stereocenters. The molecule has 9 heavy (non-hydrogen) atoms. The Morgan fingerprint density at radius 1 is 1.78 bits per heavy atom. The molecule has 0 spiro atoms. The van der Waals surface area contributed by atoms with Gasteiger partial charge in [0.25, 0.3) is 0 Å². The summed E-state index contributed by atoms with van der Waals surface area (Å²) in [6.45, 7) is 3.58. The summed E-state index contributed by atoms with van der Waals surface area (Å²) < 4.78 is 0. The predicted octanol–water partition coefficient (Wildman–Crippen LogP) is 1.76. The zero-order valence-electron chi connectivity index (χ0n) is 5.09. The molecule has 0 N–H and O–H groups in total. The molecule has 2 heteroatoms. The van der Waals surface area contributed by atoms with Crippen LogP contribution < -0.4 is 0 Å². The molecule has 0 aromatic carbocycles. The molecule has 0 saturated heterocycles. The van der Waals surface area contributed by atoms with Gasteiger partial charge in [0, 0.05) is 17.1 Å². The van der Waals surface area contributed by atoms with E-state index in [0.29, 0.717) is 6.42 Å². The Labute approximate surface area is 58.8 Å². The Kier molecular flexibility index (Phi) is 2.11. The maximum absolute atomic E-state index is 10.7. The summed E-state index contributed by atoms with van der Waals surface area (Å²) in [7, 11) is 0. The summed E-state index contributed by atoms with van der Waals surface area (Å²) in [6.07, 6.45) is 4.06. The summed E-state index contributed by atoms with van der Waals surface area (Å²) >= 11 is 1.69. The third-order valence-corrected chi connectivity index (χ3v) is 2.15. The minimum Gasteiger partial charge on any atom is -0.295 e. The lowest BCUT2D eigenvalue weighted by Gasteiger charge is -2.05. The van der Waals surface area contributed by atoms with E-state index in [1.165, 1.54) is 0 Å². The van der Waals surface area contributed by atoms with Gasteiger partial charge in [-0.25, -0.2) is 0 Å². The normalized spacial score (nSPS) is 19.1. The minimum absolute atomic E-state index is 0.226. The van der Waals surface area contributed by atoms with E-state index in [4.69, 9.17) is 0 Å². The molecule has 1 nitrogen and oxygen atoms in total. The predicted molar refractivity (Wildman–Crippen MR) is 40.4 cm³/mol. The Morgan fingerprint density at radius 2 is 2.56 bits per heavy atom. The molecule has 1 heterocycles. The molecule has 0 radical (unpaired) electrons. The van der Waals surface area contributed by atoms with E-state index in [0.717, 1.165) is 10.7 Å². The van der Waals surface area contributed by atoms with Crippen LogP contribution in [0.3, 0.4) is 0 Å². The van der Waals surface area contributed by atoms with Crippen LogP contribution in [0.15, 0.2) is 23.6 Å². The van der Waals surface area contributed by atoms with Crippen molar-refractivity contribution in [3.8, 4) is 0 Å². The minimum atomic E-state index is 0.226. The lowest BCUT2D eigenvalue weighted by molar-refractivity contribution is -0.114. The van der Waals surface area contributed by atoms with E-state index in [9.17, 15) is 4.79 Å². The van der Waals surface area contributed by atoms with E-state index < -0.39 is 0 Å². The highest BCUT2D eigenvalue weighted by molar-refractivity contribution is 8.03. The molecule has 0 aromatic rings. The van der Waals surface area contributed by atoms with Crippen LogP contribution in [0.2, 0.25) is 0 Å². The molecule has 0 aliphatic carbocycles. The zero-order valence-corrected chi connectivity index (χ0v) is 5.91.